The maximum atomic E-state index is 12.7. The molecule has 1 aliphatic heterocycles. The van der Waals surface area contributed by atoms with E-state index < -0.39 is 12.1 Å². The number of hydrogen-bond donors (Lipinski definition) is 0. The van der Waals surface area contributed by atoms with Crippen molar-refractivity contribution < 1.29 is 23.6 Å². The number of rotatable bonds is 6. The molecule has 1 amide bonds. The molecule has 150 valence electrons. The average Bonchev–Trinajstić information content (AvgIpc) is 3.04. The molecule has 1 fully saturated rings. The van der Waals surface area contributed by atoms with Crippen LogP contribution in [-0.4, -0.2) is 54.3 Å². The molecular formula is C20H24N2O5S. The van der Waals surface area contributed by atoms with Gasteiger partial charge in [-0.05, 0) is 32.9 Å². The van der Waals surface area contributed by atoms with Gasteiger partial charge in [-0.3, -0.25) is 4.79 Å². The summed E-state index contributed by atoms with van der Waals surface area (Å²) in [7, 11) is 0. The Hall–Kier alpha value is -2.32. The highest BCUT2D eigenvalue weighted by Crippen LogP contribution is 2.29. The van der Waals surface area contributed by atoms with Crippen LogP contribution in [0.1, 0.15) is 34.3 Å². The van der Waals surface area contributed by atoms with E-state index in [0.29, 0.717) is 37.6 Å². The second-order valence-corrected chi connectivity index (χ2v) is 7.59. The van der Waals surface area contributed by atoms with E-state index in [9.17, 15) is 9.59 Å². The summed E-state index contributed by atoms with van der Waals surface area (Å²) < 4.78 is 15.9. The van der Waals surface area contributed by atoms with Crippen molar-refractivity contribution in [2.75, 3.05) is 26.3 Å². The fraction of sp³-hybridized carbons (Fsp3) is 0.450. The zero-order chi connectivity index (χ0) is 20.1. The lowest BCUT2D eigenvalue weighted by molar-refractivity contribution is -0.143. The smallest absolute Gasteiger partial charge is 0.340 e. The van der Waals surface area contributed by atoms with Crippen LogP contribution in [0.3, 0.4) is 0 Å². The molecule has 0 radical (unpaired) electrons. The third-order valence-corrected chi connectivity index (χ3v) is 5.71. The van der Waals surface area contributed by atoms with Gasteiger partial charge in [-0.25, -0.2) is 4.79 Å². The fourth-order valence-corrected chi connectivity index (χ4v) is 4.13. The standard InChI is InChI=1S/C20H24N2O5S/c1-13-17(14(2)27-21-13)12-28-18-7-5-4-6-16(18)20(24)26-15(3)19(23)22-8-10-25-11-9-22/h4-7,15H,8-12H2,1-3H3. The second kappa shape index (κ2) is 9.25. The van der Waals surface area contributed by atoms with Gasteiger partial charge in [0.05, 0.1) is 24.5 Å². The molecule has 0 spiro atoms. The quantitative estimate of drug-likeness (QED) is 0.541. The summed E-state index contributed by atoms with van der Waals surface area (Å²) in [6, 6.07) is 7.23. The van der Waals surface area contributed by atoms with E-state index in [1.54, 1.807) is 24.0 Å². The molecule has 1 unspecified atom stereocenters. The van der Waals surface area contributed by atoms with Crippen LogP contribution in [-0.2, 0) is 20.0 Å². The molecule has 0 aliphatic carbocycles. The van der Waals surface area contributed by atoms with Crippen LogP contribution in [0.15, 0.2) is 33.7 Å². The molecule has 0 saturated carbocycles. The maximum Gasteiger partial charge on any atom is 0.340 e. The third kappa shape index (κ3) is 4.74. The minimum atomic E-state index is -0.841. The molecule has 2 heterocycles. The zero-order valence-corrected chi connectivity index (χ0v) is 17.1. The number of carbonyl (C=O) groups is 2. The molecule has 1 aromatic heterocycles. The maximum absolute atomic E-state index is 12.7. The van der Waals surface area contributed by atoms with Gasteiger partial charge >= 0.3 is 5.97 Å². The lowest BCUT2D eigenvalue weighted by atomic mass is 10.2. The van der Waals surface area contributed by atoms with Crippen molar-refractivity contribution >= 4 is 23.6 Å². The van der Waals surface area contributed by atoms with Gasteiger partial charge in [-0.1, -0.05) is 17.3 Å². The first-order valence-electron chi connectivity index (χ1n) is 9.18. The number of hydrogen-bond acceptors (Lipinski definition) is 7. The summed E-state index contributed by atoms with van der Waals surface area (Å²) in [6.07, 6.45) is -0.841. The third-order valence-electron chi connectivity index (χ3n) is 4.61. The predicted molar refractivity (Wildman–Crippen MR) is 104 cm³/mol. The van der Waals surface area contributed by atoms with Gasteiger partial charge in [0.2, 0.25) is 0 Å². The van der Waals surface area contributed by atoms with Gasteiger partial charge in [0.15, 0.2) is 6.10 Å². The minimum Gasteiger partial charge on any atom is -0.449 e. The Balaban J connectivity index is 1.65. The van der Waals surface area contributed by atoms with Crippen molar-refractivity contribution in [3.63, 3.8) is 0 Å². The van der Waals surface area contributed by atoms with Crippen LogP contribution in [0.5, 0.6) is 0 Å². The van der Waals surface area contributed by atoms with Crippen molar-refractivity contribution in [1.82, 2.24) is 10.1 Å². The number of ether oxygens (including phenoxy) is 2. The van der Waals surface area contributed by atoms with Crippen molar-refractivity contribution in [3.05, 3.63) is 46.8 Å². The fourth-order valence-electron chi connectivity index (χ4n) is 2.93. The molecule has 1 saturated heterocycles. The number of aryl methyl sites for hydroxylation is 2. The molecule has 2 aromatic rings. The topological polar surface area (TPSA) is 81.9 Å². The Morgan fingerprint density at radius 2 is 1.96 bits per heavy atom. The van der Waals surface area contributed by atoms with Gasteiger partial charge < -0.3 is 18.9 Å². The second-order valence-electron chi connectivity index (χ2n) is 6.57. The number of benzene rings is 1. The number of aromatic nitrogens is 1. The number of nitrogens with zero attached hydrogens (tertiary/aromatic N) is 2. The largest absolute Gasteiger partial charge is 0.449 e. The van der Waals surface area contributed by atoms with Crippen molar-refractivity contribution in [2.24, 2.45) is 0 Å². The number of thioether (sulfide) groups is 1. The lowest BCUT2D eigenvalue weighted by Crippen LogP contribution is -2.46. The van der Waals surface area contributed by atoms with Gasteiger partial charge in [0, 0.05) is 29.3 Å². The predicted octanol–water partition coefficient (Wildman–Crippen LogP) is 2.99. The number of amides is 1. The summed E-state index contributed by atoms with van der Waals surface area (Å²) in [5.74, 6) is 0.705. The summed E-state index contributed by atoms with van der Waals surface area (Å²) in [5.41, 5.74) is 2.31. The summed E-state index contributed by atoms with van der Waals surface area (Å²) in [5, 5.41) is 3.96. The molecule has 8 heteroatoms. The molecule has 3 rings (SSSR count). The molecule has 1 aromatic carbocycles. The van der Waals surface area contributed by atoms with Gasteiger partial charge in [-0.15, -0.1) is 11.8 Å². The van der Waals surface area contributed by atoms with E-state index in [4.69, 9.17) is 14.0 Å². The molecule has 0 bridgehead atoms. The Labute approximate surface area is 168 Å². The first-order chi connectivity index (χ1) is 13.5. The average molecular weight is 404 g/mol. The Morgan fingerprint density at radius 1 is 1.25 bits per heavy atom. The van der Waals surface area contributed by atoms with Crippen molar-refractivity contribution in [2.45, 2.75) is 37.5 Å². The van der Waals surface area contributed by atoms with E-state index in [-0.39, 0.29) is 5.91 Å². The monoisotopic (exact) mass is 404 g/mol. The number of carbonyl (C=O) groups excluding carboxylic acids is 2. The summed E-state index contributed by atoms with van der Waals surface area (Å²) >= 11 is 1.51. The Bertz CT molecular complexity index is 825. The van der Waals surface area contributed by atoms with E-state index in [2.05, 4.69) is 5.16 Å². The van der Waals surface area contributed by atoms with Gasteiger partial charge in [0.1, 0.15) is 5.76 Å². The molecule has 1 atom stereocenters. The summed E-state index contributed by atoms with van der Waals surface area (Å²) in [4.78, 5) is 27.6. The van der Waals surface area contributed by atoms with Crippen LogP contribution in [0.4, 0.5) is 0 Å². The zero-order valence-electron chi connectivity index (χ0n) is 16.3. The van der Waals surface area contributed by atoms with Crippen LogP contribution < -0.4 is 0 Å². The van der Waals surface area contributed by atoms with E-state index in [1.165, 1.54) is 11.8 Å². The molecule has 0 N–H and O–H groups in total. The SMILES string of the molecule is Cc1noc(C)c1CSc1ccccc1C(=O)OC(C)C(=O)N1CCOCC1. The van der Waals surface area contributed by atoms with E-state index in [0.717, 1.165) is 21.9 Å². The normalized spacial score (nSPS) is 15.3. The molecule has 1 aliphatic rings. The molecule has 7 nitrogen and oxygen atoms in total. The van der Waals surface area contributed by atoms with Crippen molar-refractivity contribution in [3.8, 4) is 0 Å². The van der Waals surface area contributed by atoms with Gasteiger partial charge in [0.25, 0.3) is 5.91 Å². The highest BCUT2D eigenvalue weighted by molar-refractivity contribution is 7.98. The molecular weight excluding hydrogens is 380 g/mol. The highest BCUT2D eigenvalue weighted by atomic mass is 32.2. The minimum absolute atomic E-state index is 0.197. The van der Waals surface area contributed by atoms with Crippen LogP contribution in [0, 0.1) is 13.8 Å². The Morgan fingerprint density at radius 3 is 2.64 bits per heavy atom. The van der Waals surface area contributed by atoms with Gasteiger partial charge in [-0.2, -0.15) is 0 Å². The highest BCUT2D eigenvalue weighted by Gasteiger charge is 2.26. The lowest BCUT2D eigenvalue weighted by Gasteiger charge is -2.29. The van der Waals surface area contributed by atoms with E-state index >= 15 is 0 Å². The Kier molecular flexibility index (Phi) is 6.74. The molecule has 28 heavy (non-hydrogen) atoms. The van der Waals surface area contributed by atoms with Crippen LogP contribution >= 0.6 is 11.8 Å². The first-order valence-corrected chi connectivity index (χ1v) is 10.2. The van der Waals surface area contributed by atoms with E-state index in [1.807, 2.05) is 26.0 Å². The summed E-state index contributed by atoms with van der Waals surface area (Å²) in [6.45, 7) is 7.42. The van der Waals surface area contributed by atoms with Crippen LogP contribution in [0.2, 0.25) is 0 Å². The number of morpholine rings is 1. The van der Waals surface area contributed by atoms with Crippen LogP contribution in [0.25, 0.3) is 0 Å². The first kappa shape index (κ1) is 20.4. The number of esters is 1. The van der Waals surface area contributed by atoms with Crippen molar-refractivity contribution in [1.29, 1.82) is 0 Å².